The minimum Gasteiger partial charge on any atom is -0.454 e. The third-order valence-electron chi connectivity index (χ3n) is 4.25. The van der Waals surface area contributed by atoms with E-state index in [2.05, 4.69) is 36.2 Å². The van der Waals surface area contributed by atoms with Crippen LogP contribution in [0.3, 0.4) is 0 Å². The van der Waals surface area contributed by atoms with Crippen LogP contribution in [0, 0.1) is 0 Å². The first-order valence-electron chi connectivity index (χ1n) is 7.67. The number of nitrogens with one attached hydrogen (secondary N) is 1. The van der Waals surface area contributed by atoms with Crippen molar-refractivity contribution < 1.29 is 9.47 Å². The number of hydrogen-bond donors (Lipinski definition) is 1. The maximum Gasteiger partial charge on any atom is 0.231 e. The largest absolute Gasteiger partial charge is 0.454 e. The number of fused-ring (bicyclic) bond motifs is 1. The summed E-state index contributed by atoms with van der Waals surface area (Å²) in [6.07, 6.45) is 3.62. The van der Waals surface area contributed by atoms with E-state index < -0.39 is 0 Å². The molecule has 0 radical (unpaired) electrons. The van der Waals surface area contributed by atoms with Gasteiger partial charge in [0.15, 0.2) is 11.5 Å². The summed E-state index contributed by atoms with van der Waals surface area (Å²) < 4.78 is 10.9. The molecule has 0 aromatic heterocycles. The molecule has 2 heterocycles. The summed E-state index contributed by atoms with van der Waals surface area (Å²) >= 11 is 0. The van der Waals surface area contributed by atoms with Crippen molar-refractivity contribution in [3.05, 3.63) is 18.2 Å². The van der Waals surface area contributed by atoms with Gasteiger partial charge in [0.05, 0.1) is 0 Å². The van der Waals surface area contributed by atoms with Gasteiger partial charge in [0.1, 0.15) is 0 Å². The zero-order valence-electron chi connectivity index (χ0n) is 12.4. The normalized spacial score (nSPS) is 25.0. The van der Waals surface area contributed by atoms with Crippen LogP contribution in [-0.4, -0.2) is 32.0 Å². The van der Waals surface area contributed by atoms with Crippen molar-refractivity contribution in [1.82, 2.24) is 5.32 Å². The maximum absolute atomic E-state index is 5.48. The lowest BCUT2D eigenvalue weighted by Crippen LogP contribution is -2.47. The molecule has 1 fully saturated rings. The molecular weight excluding hydrogens is 252 g/mol. The fourth-order valence-corrected chi connectivity index (χ4v) is 3.15. The van der Waals surface area contributed by atoms with Crippen molar-refractivity contribution >= 4 is 5.69 Å². The Morgan fingerprint density at radius 3 is 2.95 bits per heavy atom. The molecule has 0 aliphatic carbocycles. The summed E-state index contributed by atoms with van der Waals surface area (Å²) in [5.74, 6) is 1.74. The fraction of sp³-hybridized carbons (Fsp3) is 0.625. The van der Waals surface area contributed by atoms with E-state index in [-0.39, 0.29) is 0 Å². The SMILES string of the molecule is CCCNC1CCN(c2ccc3c(c2)OCO3)C(C)C1. The number of piperidine rings is 1. The van der Waals surface area contributed by atoms with Gasteiger partial charge >= 0.3 is 0 Å². The Kier molecular flexibility index (Phi) is 4.01. The van der Waals surface area contributed by atoms with Gasteiger partial charge in [-0.1, -0.05) is 6.92 Å². The summed E-state index contributed by atoms with van der Waals surface area (Å²) in [6.45, 7) is 7.10. The van der Waals surface area contributed by atoms with E-state index in [0.717, 1.165) is 24.6 Å². The minimum atomic E-state index is 0.345. The third kappa shape index (κ3) is 2.70. The Morgan fingerprint density at radius 1 is 1.30 bits per heavy atom. The van der Waals surface area contributed by atoms with E-state index in [4.69, 9.17) is 9.47 Å². The lowest BCUT2D eigenvalue weighted by Gasteiger charge is -2.39. The zero-order chi connectivity index (χ0) is 13.9. The van der Waals surface area contributed by atoms with E-state index in [9.17, 15) is 0 Å². The number of hydrogen-bond acceptors (Lipinski definition) is 4. The molecule has 2 aliphatic rings. The molecule has 3 rings (SSSR count). The topological polar surface area (TPSA) is 33.7 Å². The number of ether oxygens (including phenoxy) is 2. The number of rotatable bonds is 4. The molecule has 4 nitrogen and oxygen atoms in total. The summed E-state index contributed by atoms with van der Waals surface area (Å²) in [7, 11) is 0. The molecule has 4 heteroatoms. The molecule has 0 spiro atoms. The van der Waals surface area contributed by atoms with E-state index in [1.54, 1.807) is 0 Å². The van der Waals surface area contributed by atoms with E-state index in [0.29, 0.717) is 18.9 Å². The number of nitrogens with zero attached hydrogens (tertiary/aromatic N) is 1. The van der Waals surface area contributed by atoms with E-state index in [1.807, 2.05) is 6.07 Å². The molecule has 110 valence electrons. The molecule has 1 saturated heterocycles. The first-order chi connectivity index (χ1) is 9.78. The number of anilines is 1. The van der Waals surface area contributed by atoms with E-state index in [1.165, 1.54) is 24.9 Å². The van der Waals surface area contributed by atoms with Crippen molar-refractivity contribution in [3.8, 4) is 11.5 Å². The maximum atomic E-state index is 5.48. The molecule has 20 heavy (non-hydrogen) atoms. The Balaban J connectivity index is 1.66. The summed E-state index contributed by atoms with van der Waals surface area (Å²) in [5.41, 5.74) is 1.25. The standard InChI is InChI=1S/C16H24N2O2/c1-3-7-17-13-6-8-18(12(2)9-13)14-4-5-15-16(10-14)20-11-19-15/h4-5,10,12-13,17H,3,6-9,11H2,1-2H3. The Bertz CT molecular complexity index is 464. The molecule has 2 atom stereocenters. The van der Waals surface area contributed by atoms with Gasteiger partial charge in [-0.25, -0.2) is 0 Å². The molecule has 1 aromatic rings. The predicted octanol–water partition coefficient (Wildman–Crippen LogP) is 2.77. The zero-order valence-corrected chi connectivity index (χ0v) is 12.4. The molecule has 0 bridgehead atoms. The second kappa shape index (κ2) is 5.92. The van der Waals surface area contributed by atoms with Gasteiger partial charge in [-0.05, 0) is 44.9 Å². The second-order valence-corrected chi connectivity index (χ2v) is 5.76. The highest BCUT2D eigenvalue weighted by molar-refractivity contribution is 5.57. The molecule has 1 N–H and O–H groups in total. The van der Waals surface area contributed by atoms with Crippen LogP contribution >= 0.6 is 0 Å². The highest BCUT2D eigenvalue weighted by atomic mass is 16.7. The highest BCUT2D eigenvalue weighted by Crippen LogP contribution is 2.37. The van der Waals surface area contributed by atoms with Gasteiger partial charge in [-0.3, -0.25) is 0 Å². The number of benzene rings is 1. The second-order valence-electron chi connectivity index (χ2n) is 5.76. The van der Waals surface area contributed by atoms with Crippen molar-refractivity contribution in [3.63, 3.8) is 0 Å². The van der Waals surface area contributed by atoms with Crippen LogP contribution in [0.5, 0.6) is 11.5 Å². The average Bonchev–Trinajstić information content (AvgIpc) is 2.92. The quantitative estimate of drug-likeness (QED) is 0.917. The van der Waals surface area contributed by atoms with Crippen LogP contribution in [0.25, 0.3) is 0 Å². The van der Waals surface area contributed by atoms with Gasteiger partial charge in [-0.15, -0.1) is 0 Å². The lowest BCUT2D eigenvalue weighted by atomic mass is 9.97. The predicted molar refractivity (Wildman–Crippen MR) is 80.7 cm³/mol. The monoisotopic (exact) mass is 276 g/mol. The van der Waals surface area contributed by atoms with Gasteiger partial charge in [0.2, 0.25) is 6.79 Å². The van der Waals surface area contributed by atoms with Crippen LogP contribution in [0.2, 0.25) is 0 Å². The molecule has 2 aliphatic heterocycles. The molecule has 1 aromatic carbocycles. The van der Waals surface area contributed by atoms with Gasteiger partial charge < -0.3 is 19.7 Å². The van der Waals surface area contributed by atoms with Crippen molar-refractivity contribution in [1.29, 1.82) is 0 Å². The van der Waals surface area contributed by atoms with Crippen LogP contribution < -0.4 is 19.7 Å². The minimum absolute atomic E-state index is 0.345. The lowest BCUT2D eigenvalue weighted by molar-refractivity contribution is 0.174. The van der Waals surface area contributed by atoms with Crippen molar-refractivity contribution in [2.24, 2.45) is 0 Å². The van der Waals surface area contributed by atoms with Crippen LogP contribution in [0.4, 0.5) is 5.69 Å². The molecule has 2 unspecified atom stereocenters. The van der Waals surface area contributed by atoms with Crippen LogP contribution in [0.1, 0.15) is 33.1 Å². The van der Waals surface area contributed by atoms with Crippen molar-refractivity contribution in [2.75, 3.05) is 24.8 Å². The Labute approximate surface area is 121 Å². The third-order valence-corrected chi connectivity index (χ3v) is 4.25. The summed E-state index contributed by atoms with van der Waals surface area (Å²) in [6, 6.07) is 7.49. The highest BCUT2D eigenvalue weighted by Gasteiger charge is 2.26. The molecular formula is C16H24N2O2. The Morgan fingerprint density at radius 2 is 2.15 bits per heavy atom. The average molecular weight is 276 g/mol. The van der Waals surface area contributed by atoms with Crippen LogP contribution in [-0.2, 0) is 0 Å². The molecule has 0 amide bonds. The van der Waals surface area contributed by atoms with Gasteiger partial charge in [0.25, 0.3) is 0 Å². The first-order valence-corrected chi connectivity index (χ1v) is 7.67. The smallest absolute Gasteiger partial charge is 0.231 e. The summed E-state index contributed by atoms with van der Waals surface area (Å²) in [5, 5.41) is 3.64. The van der Waals surface area contributed by atoms with Gasteiger partial charge in [0, 0.05) is 30.4 Å². The summed E-state index contributed by atoms with van der Waals surface area (Å²) in [4.78, 5) is 2.48. The Hall–Kier alpha value is -1.42. The fourth-order valence-electron chi connectivity index (χ4n) is 3.15. The first kappa shape index (κ1) is 13.6. The molecule has 0 saturated carbocycles. The van der Waals surface area contributed by atoms with Crippen LogP contribution in [0.15, 0.2) is 18.2 Å². The van der Waals surface area contributed by atoms with E-state index >= 15 is 0 Å². The van der Waals surface area contributed by atoms with Crippen molar-refractivity contribution in [2.45, 2.75) is 45.2 Å². The van der Waals surface area contributed by atoms with Gasteiger partial charge in [-0.2, -0.15) is 0 Å².